The molecule has 0 spiro atoms. The summed E-state index contributed by atoms with van der Waals surface area (Å²) in [6, 6.07) is 23.7. The quantitative estimate of drug-likeness (QED) is 0.265. The van der Waals surface area contributed by atoms with Crippen LogP contribution in [0.2, 0.25) is 0 Å². The summed E-state index contributed by atoms with van der Waals surface area (Å²) in [7, 11) is 0. The number of piperidine rings is 1. The van der Waals surface area contributed by atoms with Crippen molar-refractivity contribution in [2.75, 3.05) is 39.4 Å². The number of benzene rings is 3. The molecule has 2 aliphatic heterocycles. The molecule has 1 N–H and O–H groups in total. The molecule has 2 heterocycles. The van der Waals surface area contributed by atoms with E-state index in [2.05, 4.69) is 9.80 Å². The van der Waals surface area contributed by atoms with Crippen molar-refractivity contribution in [3.63, 3.8) is 0 Å². The number of rotatable bonds is 8. The molecular weight excluding hydrogens is 492 g/mol. The molecule has 7 heteroatoms. The Balaban J connectivity index is 1.13. The van der Waals surface area contributed by atoms with Gasteiger partial charge >= 0.3 is 5.97 Å². The van der Waals surface area contributed by atoms with Crippen molar-refractivity contribution in [1.82, 2.24) is 9.80 Å². The fourth-order valence-corrected chi connectivity index (χ4v) is 5.34. The summed E-state index contributed by atoms with van der Waals surface area (Å²) in [6.45, 7) is 7.35. The molecule has 5 rings (SSSR count). The van der Waals surface area contributed by atoms with Gasteiger partial charge in [-0.25, -0.2) is 4.79 Å². The second-order valence-electron chi connectivity index (χ2n) is 10.5. The number of nitrogens with zero attached hydrogens (tertiary/aromatic N) is 2. The Labute approximate surface area is 230 Å². The van der Waals surface area contributed by atoms with Gasteiger partial charge < -0.3 is 14.6 Å². The zero-order chi connectivity index (χ0) is 27.2. The van der Waals surface area contributed by atoms with Gasteiger partial charge in [-0.05, 0) is 67.3 Å². The Hall–Kier alpha value is -3.36. The first-order valence-electron chi connectivity index (χ1n) is 13.7. The maximum Gasteiger partial charge on any atom is 0.343 e. The Morgan fingerprint density at radius 1 is 0.872 bits per heavy atom. The van der Waals surface area contributed by atoms with E-state index in [4.69, 9.17) is 9.47 Å². The van der Waals surface area contributed by atoms with Crippen LogP contribution in [0.1, 0.15) is 51.6 Å². The van der Waals surface area contributed by atoms with E-state index in [9.17, 15) is 14.7 Å². The summed E-state index contributed by atoms with van der Waals surface area (Å²) in [5, 5.41) is 11.1. The predicted octanol–water partition coefficient (Wildman–Crippen LogP) is 4.29. The van der Waals surface area contributed by atoms with Gasteiger partial charge in [0.05, 0.1) is 30.4 Å². The van der Waals surface area contributed by atoms with Gasteiger partial charge in [0.25, 0.3) is 0 Å². The minimum Gasteiger partial charge on any atom is -0.423 e. The van der Waals surface area contributed by atoms with Crippen LogP contribution in [-0.2, 0) is 16.9 Å². The van der Waals surface area contributed by atoms with Gasteiger partial charge in [-0.1, -0.05) is 42.5 Å². The fraction of sp³-hybridized carbons (Fsp3) is 0.375. The number of carbonyl (C=O) groups is 2. The smallest absolute Gasteiger partial charge is 0.343 e. The van der Waals surface area contributed by atoms with Gasteiger partial charge in [-0.2, -0.15) is 0 Å². The molecule has 0 radical (unpaired) electrons. The number of ketones is 1. The third-order valence-corrected chi connectivity index (χ3v) is 7.91. The van der Waals surface area contributed by atoms with Crippen LogP contribution in [0.3, 0.4) is 0 Å². The van der Waals surface area contributed by atoms with Crippen LogP contribution in [0.5, 0.6) is 5.75 Å². The van der Waals surface area contributed by atoms with Crippen molar-refractivity contribution < 1.29 is 24.2 Å². The average molecular weight is 529 g/mol. The maximum atomic E-state index is 13.2. The number of likely N-dealkylation sites (tertiary alicyclic amines) is 1. The first-order valence-corrected chi connectivity index (χ1v) is 13.7. The first-order chi connectivity index (χ1) is 18.9. The van der Waals surface area contributed by atoms with E-state index in [-0.39, 0.29) is 11.8 Å². The van der Waals surface area contributed by atoms with Crippen LogP contribution in [0.25, 0.3) is 0 Å². The summed E-state index contributed by atoms with van der Waals surface area (Å²) in [4.78, 5) is 30.3. The Morgan fingerprint density at radius 2 is 1.49 bits per heavy atom. The zero-order valence-electron chi connectivity index (χ0n) is 22.4. The number of esters is 1. The van der Waals surface area contributed by atoms with Crippen molar-refractivity contribution in [2.45, 2.75) is 38.0 Å². The number of Topliss-reactive ketones (excluding diaryl/α,β-unsaturated/α-hetero) is 1. The topological polar surface area (TPSA) is 79.3 Å². The predicted molar refractivity (Wildman–Crippen MR) is 149 cm³/mol. The van der Waals surface area contributed by atoms with E-state index >= 15 is 0 Å². The molecule has 7 nitrogen and oxygen atoms in total. The van der Waals surface area contributed by atoms with Crippen LogP contribution < -0.4 is 4.74 Å². The number of carbonyl (C=O) groups excluding carboxylic acids is 2. The van der Waals surface area contributed by atoms with Crippen LogP contribution in [0.15, 0.2) is 78.9 Å². The van der Waals surface area contributed by atoms with Gasteiger partial charge in [0.15, 0.2) is 5.78 Å². The van der Waals surface area contributed by atoms with Crippen molar-refractivity contribution in [2.24, 2.45) is 0 Å². The summed E-state index contributed by atoms with van der Waals surface area (Å²) in [5.74, 6) is -0.0269. The van der Waals surface area contributed by atoms with E-state index in [1.165, 1.54) is 0 Å². The third kappa shape index (κ3) is 6.62. The molecule has 0 aliphatic carbocycles. The Morgan fingerprint density at radius 3 is 2.13 bits per heavy atom. The minimum atomic E-state index is -0.852. The van der Waals surface area contributed by atoms with Gasteiger partial charge in [-0.15, -0.1) is 0 Å². The zero-order valence-corrected chi connectivity index (χ0v) is 22.4. The molecule has 0 saturated carbocycles. The molecule has 1 unspecified atom stereocenters. The highest BCUT2D eigenvalue weighted by Gasteiger charge is 2.36. The first kappa shape index (κ1) is 27.2. The molecule has 2 fully saturated rings. The second-order valence-corrected chi connectivity index (χ2v) is 10.5. The van der Waals surface area contributed by atoms with Gasteiger partial charge in [-0.3, -0.25) is 14.6 Å². The summed E-state index contributed by atoms with van der Waals surface area (Å²) in [5.41, 5.74) is 2.27. The van der Waals surface area contributed by atoms with Crippen molar-refractivity contribution in [3.05, 3.63) is 101 Å². The fourth-order valence-electron chi connectivity index (χ4n) is 5.34. The lowest BCUT2D eigenvalue weighted by molar-refractivity contribution is -0.0318. The molecule has 0 amide bonds. The van der Waals surface area contributed by atoms with Crippen LogP contribution in [-0.4, -0.2) is 72.1 Å². The molecule has 2 aliphatic rings. The van der Waals surface area contributed by atoms with E-state index in [1.807, 2.05) is 49.4 Å². The number of morpholine rings is 1. The highest BCUT2D eigenvalue weighted by atomic mass is 16.5. The van der Waals surface area contributed by atoms with Crippen molar-refractivity contribution >= 4 is 11.8 Å². The SMILES string of the molecule is CC(C(=O)c1ccc(OC(=O)c2ccc(CN3CCOCC3)cc2)cc1)N1CCC(O)(c2ccccc2)CC1. The average Bonchev–Trinajstić information content (AvgIpc) is 2.98. The van der Waals surface area contributed by atoms with Gasteiger partial charge in [0.2, 0.25) is 0 Å². The molecular formula is C32H36N2O5. The van der Waals surface area contributed by atoms with E-state index in [1.54, 1.807) is 36.4 Å². The Kier molecular flexibility index (Phi) is 8.53. The molecule has 1 atom stereocenters. The summed E-state index contributed by atoms with van der Waals surface area (Å²) in [6.07, 6.45) is 1.16. The number of ether oxygens (including phenoxy) is 2. The lowest BCUT2D eigenvalue weighted by Gasteiger charge is -2.40. The monoisotopic (exact) mass is 528 g/mol. The highest BCUT2D eigenvalue weighted by Crippen LogP contribution is 2.33. The lowest BCUT2D eigenvalue weighted by atomic mass is 9.84. The Bertz CT molecular complexity index is 1250. The largest absolute Gasteiger partial charge is 0.423 e. The number of aliphatic hydroxyl groups is 1. The highest BCUT2D eigenvalue weighted by molar-refractivity contribution is 6.00. The summed E-state index contributed by atoms with van der Waals surface area (Å²) < 4.78 is 10.9. The molecule has 0 aromatic heterocycles. The minimum absolute atomic E-state index is 0.00823. The molecule has 39 heavy (non-hydrogen) atoms. The molecule has 0 bridgehead atoms. The van der Waals surface area contributed by atoms with E-state index in [0.29, 0.717) is 42.8 Å². The lowest BCUT2D eigenvalue weighted by Crippen LogP contribution is -2.48. The molecule has 204 valence electrons. The van der Waals surface area contributed by atoms with Crippen molar-refractivity contribution in [3.8, 4) is 5.75 Å². The second kappa shape index (κ2) is 12.2. The third-order valence-electron chi connectivity index (χ3n) is 7.91. The van der Waals surface area contributed by atoms with Crippen LogP contribution in [0.4, 0.5) is 0 Å². The summed E-state index contributed by atoms with van der Waals surface area (Å²) >= 11 is 0. The molecule has 3 aromatic rings. The number of hydrogen-bond donors (Lipinski definition) is 1. The van der Waals surface area contributed by atoms with Crippen LogP contribution in [0, 0.1) is 0 Å². The van der Waals surface area contributed by atoms with Gasteiger partial charge in [0.1, 0.15) is 5.75 Å². The maximum absolute atomic E-state index is 13.2. The normalized spacial score (nSPS) is 18.8. The van der Waals surface area contributed by atoms with E-state index < -0.39 is 11.6 Å². The van der Waals surface area contributed by atoms with Crippen molar-refractivity contribution in [1.29, 1.82) is 0 Å². The standard InChI is InChI=1S/C32H36N2O5/c1-24(34-17-15-32(37,16-18-34)28-5-3-2-4-6-28)30(35)26-11-13-29(14-12-26)39-31(36)27-9-7-25(8-10-27)23-33-19-21-38-22-20-33/h2-14,24,37H,15-23H2,1H3. The van der Waals surface area contributed by atoms with Gasteiger partial charge in [0, 0.05) is 38.3 Å². The van der Waals surface area contributed by atoms with E-state index in [0.717, 1.165) is 44.0 Å². The molecule has 2 saturated heterocycles. The molecule has 3 aromatic carbocycles. The van der Waals surface area contributed by atoms with Crippen LogP contribution >= 0.6 is 0 Å². The number of hydrogen-bond acceptors (Lipinski definition) is 7.